The molecule has 2 aromatic carbocycles. The monoisotopic (exact) mass is 409 g/mol. The van der Waals surface area contributed by atoms with E-state index in [2.05, 4.69) is 5.32 Å². The van der Waals surface area contributed by atoms with Gasteiger partial charge in [-0.05, 0) is 30.7 Å². The van der Waals surface area contributed by atoms with Crippen LogP contribution in [0.5, 0.6) is 0 Å². The van der Waals surface area contributed by atoms with Gasteiger partial charge < -0.3 is 4.74 Å². The molecule has 3 rings (SSSR count). The average molecular weight is 409 g/mol. The molecule has 30 heavy (non-hydrogen) atoms. The molecule has 1 aromatic heterocycles. The van der Waals surface area contributed by atoms with Gasteiger partial charge in [0, 0.05) is 18.7 Å². The van der Waals surface area contributed by atoms with Crippen molar-refractivity contribution in [2.75, 3.05) is 6.61 Å². The Labute approximate surface area is 173 Å². The standard InChI is InChI=1S/C22H23N3O5/c1-2-13-24-17-10-6-7-11-18(17)25(22(24)29)14-12-20(27)30-15-19(26)23-21(28)16-8-4-3-5-9-16/h3-11H,2,12-15H2,1H3,(H,23,26,28). The number of ether oxygens (including phenoxy) is 1. The average Bonchev–Trinajstić information content (AvgIpc) is 3.03. The zero-order chi connectivity index (χ0) is 21.5. The summed E-state index contributed by atoms with van der Waals surface area (Å²) in [6, 6.07) is 15.7. The number of carbonyl (C=O) groups is 3. The quantitative estimate of drug-likeness (QED) is 0.575. The third-order valence-electron chi connectivity index (χ3n) is 4.57. The van der Waals surface area contributed by atoms with E-state index in [-0.39, 0.29) is 18.7 Å². The molecule has 0 spiro atoms. The van der Waals surface area contributed by atoms with Gasteiger partial charge in [-0.15, -0.1) is 0 Å². The topological polar surface area (TPSA) is 99.4 Å². The first kappa shape index (κ1) is 21.0. The number of fused-ring (bicyclic) bond motifs is 1. The van der Waals surface area contributed by atoms with E-state index < -0.39 is 24.4 Å². The van der Waals surface area contributed by atoms with Gasteiger partial charge in [-0.25, -0.2) is 4.79 Å². The van der Waals surface area contributed by atoms with Crippen LogP contribution in [0.4, 0.5) is 0 Å². The van der Waals surface area contributed by atoms with Gasteiger partial charge in [-0.2, -0.15) is 0 Å². The number of para-hydroxylation sites is 2. The molecule has 0 aliphatic rings. The number of aryl methyl sites for hydroxylation is 2. The summed E-state index contributed by atoms with van der Waals surface area (Å²) in [5, 5.41) is 2.16. The van der Waals surface area contributed by atoms with Crippen LogP contribution in [0.3, 0.4) is 0 Å². The number of imide groups is 1. The van der Waals surface area contributed by atoms with Crippen LogP contribution in [0.1, 0.15) is 30.1 Å². The lowest BCUT2D eigenvalue weighted by Crippen LogP contribution is -2.34. The van der Waals surface area contributed by atoms with Gasteiger partial charge >= 0.3 is 11.7 Å². The van der Waals surface area contributed by atoms with E-state index in [1.54, 1.807) is 34.9 Å². The Hall–Kier alpha value is -3.68. The van der Waals surface area contributed by atoms with Crippen LogP contribution in [0.15, 0.2) is 59.4 Å². The second-order valence-corrected chi connectivity index (χ2v) is 6.73. The molecule has 1 heterocycles. The van der Waals surface area contributed by atoms with Crippen LogP contribution in [0.25, 0.3) is 11.0 Å². The summed E-state index contributed by atoms with van der Waals surface area (Å²) in [7, 11) is 0. The number of imidazole rings is 1. The summed E-state index contributed by atoms with van der Waals surface area (Å²) in [4.78, 5) is 48.5. The van der Waals surface area contributed by atoms with Gasteiger partial charge in [0.15, 0.2) is 6.61 Å². The van der Waals surface area contributed by atoms with Gasteiger partial charge in [0.2, 0.25) is 0 Å². The summed E-state index contributed by atoms with van der Waals surface area (Å²) in [5.41, 5.74) is 1.71. The van der Waals surface area contributed by atoms with E-state index in [0.29, 0.717) is 12.1 Å². The minimum absolute atomic E-state index is 0.0695. The molecule has 0 unspecified atom stereocenters. The van der Waals surface area contributed by atoms with Crippen LogP contribution in [0.2, 0.25) is 0 Å². The number of nitrogens with one attached hydrogen (secondary N) is 1. The molecule has 0 radical (unpaired) electrons. The Morgan fingerprint density at radius 3 is 2.13 bits per heavy atom. The van der Waals surface area contributed by atoms with Crippen LogP contribution in [-0.4, -0.2) is 33.5 Å². The number of hydrogen-bond donors (Lipinski definition) is 1. The third-order valence-corrected chi connectivity index (χ3v) is 4.57. The van der Waals surface area contributed by atoms with Crippen molar-refractivity contribution in [1.29, 1.82) is 0 Å². The minimum Gasteiger partial charge on any atom is -0.456 e. The maximum atomic E-state index is 12.7. The minimum atomic E-state index is -0.714. The highest BCUT2D eigenvalue weighted by Crippen LogP contribution is 2.13. The summed E-state index contributed by atoms with van der Waals surface area (Å²) in [6.07, 6.45) is 0.743. The van der Waals surface area contributed by atoms with E-state index >= 15 is 0 Å². The SMILES string of the molecule is CCCn1c(=O)n(CCC(=O)OCC(=O)NC(=O)c2ccccc2)c2ccccc21. The first-order chi connectivity index (χ1) is 14.5. The van der Waals surface area contributed by atoms with Gasteiger partial charge in [-0.1, -0.05) is 37.3 Å². The second kappa shape index (κ2) is 9.69. The van der Waals surface area contributed by atoms with Crippen molar-refractivity contribution in [3.63, 3.8) is 0 Å². The van der Waals surface area contributed by atoms with Gasteiger partial charge in [0.25, 0.3) is 11.8 Å². The highest BCUT2D eigenvalue weighted by molar-refractivity contribution is 6.05. The fraction of sp³-hybridized carbons (Fsp3) is 0.273. The largest absolute Gasteiger partial charge is 0.456 e. The molecule has 8 nitrogen and oxygen atoms in total. The highest BCUT2D eigenvalue weighted by Gasteiger charge is 2.15. The van der Waals surface area contributed by atoms with E-state index in [1.165, 1.54) is 4.57 Å². The molecule has 0 bridgehead atoms. The van der Waals surface area contributed by atoms with Crippen LogP contribution < -0.4 is 11.0 Å². The molecule has 0 saturated heterocycles. The normalized spacial score (nSPS) is 10.7. The third kappa shape index (κ3) is 4.83. The Kier molecular flexibility index (Phi) is 6.79. The molecule has 156 valence electrons. The first-order valence-corrected chi connectivity index (χ1v) is 9.74. The van der Waals surface area contributed by atoms with Crippen molar-refractivity contribution in [3.05, 3.63) is 70.6 Å². The number of benzene rings is 2. The van der Waals surface area contributed by atoms with Crippen LogP contribution in [-0.2, 0) is 27.4 Å². The molecule has 0 aliphatic heterocycles. The Morgan fingerprint density at radius 1 is 0.900 bits per heavy atom. The molecule has 0 saturated carbocycles. The molecule has 3 aromatic rings. The number of nitrogens with zero attached hydrogens (tertiary/aromatic N) is 2. The fourth-order valence-corrected chi connectivity index (χ4v) is 3.17. The number of carbonyl (C=O) groups excluding carboxylic acids is 3. The Balaban J connectivity index is 1.55. The van der Waals surface area contributed by atoms with Gasteiger partial charge in [-0.3, -0.25) is 28.8 Å². The van der Waals surface area contributed by atoms with E-state index in [4.69, 9.17) is 4.74 Å². The number of aromatic nitrogens is 2. The van der Waals surface area contributed by atoms with Crippen molar-refractivity contribution in [1.82, 2.24) is 14.5 Å². The summed E-state index contributed by atoms with van der Waals surface area (Å²) in [5.74, 6) is -1.91. The molecule has 0 aliphatic carbocycles. The molecule has 8 heteroatoms. The van der Waals surface area contributed by atoms with Crippen molar-refractivity contribution in [3.8, 4) is 0 Å². The van der Waals surface area contributed by atoms with Crippen molar-refractivity contribution in [2.45, 2.75) is 32.9 Å². The Bertz CT molecular complexity index is 1110. The van der Waals surface area contributed by atoms with Crippen molar-refractivity contribution < 1.29 is 19.1 Å². The molecular weight excluding hydrogens is 386 g/mol. The molecular formula is C22H23N3O5. The number of esters is 1. The number of hydrogen-bond acceptors (Lipinski definition) is 5. The Morgan fingerprint density at radius 2 is 1.50 bits per heavy atom. The highest BCUT2D eigenvalue weighted by atomic mass is 16.5. The van der Waals surface area contributed by atoms with Crippen molar-refractivity contribution >= 4 is 28.8 Å². The molecule has 0 fully saturated rings. The smallest absolute Gasteiger partial charge is 0.329 e. The summed E-state index contributed by atoms with van der Waals surface area (Å²) < 4.78 is 8.16. The van der Waals surface area contributed by atoms with Gasteiger partial charge in [0.05, 0.1) is 17.5 Å². The summed E-state index contributed by atoms with van der Waals surface area (Å²) >= 11 is 0. The predicted octanol–water partition coefficient (Wildman–Crippen LogP) is 2.10. The summed E-state index contributed by atoms with van der Waals surface area (Å²) in [6.45, 7) is 2.15. The molecule has 0 atom stereocenters. The number of rotatable bonds is 8. The lowest BCUT2D eigenvalue weighted by molar-refractivity contribution is -0.148. The fourth-order valence-electron chi connectivity index (χ4n) is 3.17. The lowest BCUT2D eigenvalue weighted by atomic mass is 10.2. The number of amides is 2. The van der Waals surface area contributed by atoms with Crippen LogP contribution >= 0.6 is 0 Å². The van der Waals surface area contributed by atoms with Gasteiger partial charge in [0.1, 0.15) is 0 Å². The second-order valence-electron chi connectivity index (χ2n) is 6.73. The maximum Gasteiger partial charge on any atom is 0.329 e. The molecule has 2 amide bonds. The van der Waals surface area contributed by atoms with Crippen molar-refractivity contribution in [2.24, 2.45) is 0 Å². The van der Waals surface area contributed by atoms with Crippen LogP contribution in [0, 0.1) is 0 Å². The zero-order valence-electron chi connectivity index (χ0n) is 16.7. The van der Waals surface area contributed by atoms with E-state index in [9.17, 15) is 19.2 Å². The maximum absolute atomic E-state index is 12.7. The lowest BCUT2D eigenvalue weighted by Gasteiger charge is -2.06. The first-order valence-electron chi connectivity index (χ1n) is 9.74. The molecule has 1 N–H and O–H groups in total. The van der Waals surface area contributed by atoms with E-state index in [1.807, 2.05) is 31.2 Å². The predicted molar refractivity (Wildman–Crippen MR) is 111 cm³/mol. The van der Waals surface area contributed by atoms with E-state index in [0.717, 1.165) is 17.5 Å². The zero-order valence-corrected chi connectivity index (χ0v) is 16.7.